The Balaban J connectivity index is 1.88. The number of unbranched alkanes of at least 4 members (excludes halogenated alkanes) is 15. The van der Waals surface area contributed by atoms with E-state index >= 15 is 0 Å². The molecule has 0 aromatic heterocycles. The molecule has 0 aliphatic rings. The van der Waals surface area contributed by atoms with Crippen molar-refractivity contribution in [2.75, 3.05) is 53.2 Å². The summed E-state index contributed by atoms with van der Waals surface area (Å²) in [5.41, 5.74) is 0.229. The summed E-state index contributed by atoms with van der Waals surface area (Å²) in [4.78, 5) is 39.5. The quantitative estimate of drug-likeness (QED) is 0.0535. The number of ether oxygens (including phenoxy) is 6. The average Bonchev–Trinajstić information content (AvgIpc) is 3.15. The molecule has 10 heteroatoms. The zero-order valence-electron chi connectivity index (χ0n) is 33.1. The molecule has 10 nitrogen and oxygen atoms in total. The molecule has 1 amide bonds. The minimum atomic E-state index is -0.616. The van der Waals surface area contributed by atoms with E-state index in [0.717, 1.165) is 29.2 Å². The Morgan fingerprint density at radius 3 is 1.32 bits per heavy atom. The van der Waals surface area contributed by atoms with Gasteiger partial charge < -0.3 is 33.3 Å². The third-order valence-electron chi connectivity index (χ3n) is 8.82. The topological polar surface area (TPSA) is 110 Å². The molecule has 0 fully saturated rings. The third kappa shape index (κ3) is 21.4. The summed E-state index contributed by atoms with van der Waals surface area (Å²) >= 11 is 0. The van der Waals surface area contributed by atoms with Crippen LogP contribution in [0.2, 0.25) is 0 Å². The summed E-state index contributed by atoms with van der Waals surface area (Å²) < 4.78 is 33.3. The normalized spacial score (nSPS) is 10.8. The molecule has 2 aromatic carbocycles. The molecule has 0 radical (unpaired) electrons. The van der Waals surface area contributed by atoms with E-state index < -0.39 is 30.9 Å². The molecule has 298 valence electrons. The first-order chi connectivity index (χ1) is 25.9. The maximum Gasteiger partial charge on any atom is 0.325 e. The monoisotopic (exact) mass is 741 g/mol. The van der Waals surface area contributed by atoms with Crippen molar-refractivity contribution in [2.24, 2.45) is 0 Å². The molecule has 0 unspecified atom stereocenters. The fourth-order valence-electron chi connectivity index (χ4n) is 5.92. The van der Waals surface area contributed by atoms with Crippen molar-refractivity contribution >= 4 is 17.8 Å². The molecule has 0 saturated heterocycles. The summed E-state index contributed by atoms with van der Waals surface area (Å²) in [7, 11) is 1.62. The first kappa shape index (κ1) is 45.2. The molecular formula is C43H67NO9. The Hall–Kier alpha value is -3.95. The van der Waals surface area contributed by atoms with Crippen LogP contribution in [0.4, 0.5) is 0 Å². The van der Waals surface area contributed by atoms with Crippen LogP contribution in [-0.4, -0.2) is 76.0 Å². The van der Waals surface area contributed by atoms with Crippen molar-refractivity contribution < 1.29 is 42.8 Å². The number of methoxy groups -OCH3 is 1. The van der Waals surface area contributed by atoms with Crippen LogP contribution in [0.5, 0.6) is 23.0 Å². The predicted molar refractivity (Wildman–Crippen MR) is 209 cm³/mol. The summed E-state index contributed by atoms with van der Waals surface area (Å²) in [6.07, 6.45) is 21.3. The Kier molecular flexibility index (Phi) is 25.2. The van der Waals surface area contributed by atoms with Crippen LogP contribution in [0.1, 0.15) is 140 Å². The Morgan fingerprint density at radius 1 is 0.491 bits per heavy atom. The highest BCUT2D eigenvalue weighted by atomic mass is 16.5. The van der Waals surface area contributed by atoms with Gasteiger partial charge in [-0.2, -0.15) is 0 Å². The number of hydrogen-bond donors (Lipinski definition) is 0. The van der Waals surface area contributed by atoms with Crippen molar-refractivity contribution in [3.63, 3.8) is 0 Å². The van der Waals surface area contributed by atoms with Gasteiger partial charge in [-0.15, -0.1) is 0 Å². The zero-order valence-corrected chi connectivity index (χ0v) is 33.1. The number of amides is 1. The summed E-state index contributed by atoms with van der Waals surface area (Å²) in [5.74, 6) is 0.635. The van der Waals surface area contributed by atoms with Crippen LogP contribution in [-0.2, 0) is 19.1 Å². The highest BCUT2D eigenvalue weighted by Gasteiger charge is 2.24. The van der Waals surface area contributed by atoms with E-state index in [2.05, 4.69) is 6.92 Å². The summed E-state index contributed by atoms with van der Waals surface area (Å²) in [6.45, 7) is 6.42. The van der Waals surface area contributed by atoms with Gasteiger partial charge in [-0.3, -0.25) is 14.4 Å². The predicted octanol–water partition coefficient (Wildman–Crippen LogP) is 9.75. The molecule has 0 bridgehead atoms. The number of rotatable bonds is 32. The first-order valence-electron chi connectivity index (χ1n) is 20.2. The van der Waals surface area contributed by atoms with Crippen LogP contribution in [0, 0.1) is 0 Å². The van der Waals surface area contributed by atoms with Crippen LogP contribution < -0.4 is 18.9 Å². The molecule has 0 spiro atoms. The van der Waals surface area contributed by atoms with Crippen LogP contribution in [0.15, 0.2) is 42.5 Å². The van der Waals surface area contributed by atoms with Crippen molar-refractivity contribution in [1.82, 2.24) is 4.90 Å². The molecule has 0 aliphatic carbocycles. The fourth-order valence-corrected chi connectivity index (χ4v) is 5.92. The first-order valence-corrected chi connectivity index (χ1v) is 20.2. The van der Waals surface area contributed by atoms with Gasteiger partial charge in [0, 0.05) is 18.1 Å². The van der Waals surface area contributed by atoms with Crippen molar-refractivity contribution in [2.45, 2.75) is 130 Å². The Morgan fingerprint density at radius 2 is 0.887 bits per heavy atom. The SMILES string of the molecule is CCCCCCCCCCCCCCCCCCOc1cc(OCCCOc2ccc(OC)cc2)cc(C(=O)N(CC(=O)OCC)CC(=O)OCC)c1. The van der Waals surface area contributed by atoms with Crippen molar-refractivity contribution in [1.29, 1.82) is 0 Å². The van der Waals surface area contributed by atoms with Gasteiger partial charge in [-0.05, 0) is 56.7 Å². The number of esters is 2. The Labute approximate surface area is 319 Å². The van der Waals surface area contributed by atoms with E-state index in [0.29, 0.717) is 37.7 Å². The number of hydrogen-bond acceptors (Lipinski definition) is 9. The van der Waals surface area contributed by atoms with Gasteiger partial charge in [0.15, 0.2) is 0 Å². The highest BCUT2D eigenvalue weighted by Crippen LogP contribution is 2.25. The van der Waals surface area contributed by atoms with Crippen LogP contribution >= 0.6 is 0 Å². The van der Waals surface area contributed by atoms with Gasteiger partial charge in [-0.1, -0.05) is 103 Å². The molecule has 0 atom stereocenters. The fraction of sp³-hybridized carbons (Fsp3) is 0.651. The molecule has 2 aromatic rings. The van der Waals surface area contributed by atoms with Gasteiger partial charge in [0.1, 0.15) is 36.1 Å². The maximum atomic E-state index is 13.7. The van der Waals surface area contributed by atoms with E-state index in [4.69, 9.17) is 28.4 Å². The maximum absolute atomic E-state index is 13.7. The van der Waals surface area contributed by atoms with E-state index in [9.17, 15) is 14.4 Å². The minimum absolute atomic E-state index is 0.156. The molecule has 0 N–H and O–H groups in total. The standard InChI is InChI=1S/C43H67NO9/c1-5-8-9-10-11-12-13-14-15-16-17-18-19-20-21-22-28-52-39-31-36(43(47)44(34-41(45)49-6-2)35-42(46)50-7-3)32-40(33-39)53-30-23-29-51-38-26-24-37(48-4)25-27-38/h24-27,31-33H,5-23,28-30,34-35H2,1-4H3. The molecule has 53 heavy (non-hydrogen) atoms. The largest absolute Gasteiger partial charge is 0.497 e. The van der Waals surface area contributed by atoms with E-state index in [-0.39, 0.29) is 18.8 Å². The lowest BCUT2D eigenvalue weighted by Gasteiger charge is -2.21. The van der Waals surface area contributed by atoms with E-state index in [1.54, 1.807) is 39.2 Å². The number of benzene rings is 2. The van der Waals surface area contributed by atoms with Gasteiger partial charge in [0.05, 0.1) is 40.1 Å². The average molecular weight is 742 g/mol. The van der Waals surface area contributed by atoms with Crippen LogP contribution in [0.25, 0.3) is 0 Å². The Bertz CT molecular complexity index is 1250. The number of carbonyl (C=O) groups is 3. The van der Waals surface area contributed by atoms with E-state index in [1.165, 1.54) is 89.9 Å². The number of carbonyl (C=O) groups excluding carboxylic acids is 3. The van der Waals surface area contributed by atoms with Crippen molar-refractivity contribution in [3.8, 4) is 23.0 Å². The lowest BCUT2D eigenvalue weighted by atomic mass is 10.0. The molecule has 2 rings (SSSR count). The highest BCUT2D eigenvalue weighted by molar-refractivity contribution is 5.98. The third-order valence-corrected chi connectivity index (χ3v) is 8.82. The smallest absolute Gasteiger partial charge is 0.325 e. The zero-order chi connectivity index (χ0) is 38.4. The minimum Gasteiger partial charge on any atom is -0.497 e. The summed E-state index contributed by atoms with van der Waals surface area (Å²) in [6, 6.07) is 12.3. The summed E-state index contributed by atoms with van der Waals surface area (Å²) in [5, 5.41) is 0. The van der Waals surface area contributed by atoms with Gasteiger partial charge in [-0.25, -0.2) is 0 Å². The lowest BCUT2D eigenvalue weighted by Crippen LogP contribution is -2.40. The second-order valence-electron chi connectivity index (χ2n) is 13.3. The lowest BCUT2D eigenvalue weighted by molar-refractivity contribution is -0.147. The van der Waals surface area contributed by atoms with Gasteiger partial charge >= 0.3 is 11.9 Å². The molecule has 0 saturated carbocycles. The van der Waals surface area contributed by atoms with Gasteiger partial charge in [0.2, 0.25) is 0 Å². The van der Waals surface area contributed by atoms with Crippen molar-refractivity contribution in [3.05, 3.63) is 48.0 Å². The molecule has 0 heterocycles. The van der Waals surface area contributed by atoms with E-state index in [1.807, 2.05) is 24.3 Å². The number of nitrogens with zero attached hydrogens (tertiary/aromatic N) is 1. The van der Waals surface area contributed by atoms with Crippen LogP contribution in [0.3, 0.4) is 0 Å². The van der Waals surface area contributed by atoms with Gasteiger partial charge in [0.25, 0.3) is 5.91 Å². The molecular weight excluding hydrogens is 674 g/mol. The molecule has 0 aliphatic heterocycles. The second-order valence-corrected chi connectivity index (χ2v) is 13.3. The second kappa shape index (κ2) is 29.5.